The van der Waals surface area contributed by atoms with Gasteiger partial charge in [-0.05, 0) is 12.8 Å². The second-order valence-corrected chi connectivity index (χ2v) is 4.22. The van der Waals surface area contributed by atoms with E-state index in [0.29, 0.717) is 12.8 Å². The number of carbonyl (C=O) groups excluding carboxylic acids is 2. The molecule has 1 fully saturated rings. The van der Waals surface area contributed by atoms with Crippen LogP contribution in [0.1, 0.15) is 12.8 Å². The van der Waals surface area contributed by atoms with Crippen molar-refractivity contribution in [3.63, 3.8) is 0 Å². The SMILES string of the molecule is COC(=O)C=CC(N)CC1CC1OC(=O)C(F)(F)F. The van der Waals surface area contributed by atoms with Gasteiger partial charge in [-0.15, -0.1) is 0 Å². The van der Waals surface area contributed by atoms with Crippen molar-refractivity contribution >= 4 is 11.9 Å². The van der Waals surface area contributed by atoms with Gasteiger partial charge in [0.25, 0.3) is 0 Å². The Bertz CT molecular complexity index is 381. The summed E-state index contributed by atoms with van der Waals surface area (Å²) < 4.78 is 44.3. The highest BCUT2D eigenvalue weighted by atomic mass is 19.4. The summed E-state index contributed by atoms with van der Waals surface area (Å²) in [6, 6.07) is -0.501. The molecule has 19 heavy (non-hydrogen) atoms. The van der Waals surface area contributed by atoms with Crippen molar-refractivity contribution in [2.24, 2.45) is 11.7 Å². The summed E-state index contributed by atoms with van der Waals surface area (Å²) >= 11 is 0. The molecule has 0 bridgehead atoms. The lowest BCUT2D eigenvalue weighted by Crippen LogP contribution is -2.27. The number of halogens is 3. The lowest BCUT2D eigenvalue weighted by atomic mass is 10.1. The lowest BCUT2D eigenvalue weighted by Gasteiger charge is -2.08. The first kappa shape index (κ1) is 15.5. The molecule has 1 rings (SSSR count). The molecular formula is C11H14F3NO4. The first-order chi connectivity index (χ1) is 8.74. The van der Waals surface area contributed by atoms with E-state index in [-0.39, 0.29) is 5.92 Å². The average Bonchev–Trinajstić information content (AvgIpc) is 3.02. The van der Waals surface area contributed by atoms with E-state index in [2.05, 4.69) is 9.47 Å². The molecule has 8 heteroatoms. The van der Waals surface area contributed by atoms with Crippen LogP contribution in [0, 0.1) is 5.92 Å². The van der Waals surface area contributed by atoms with E-state index in [1.54, 1.807) is 0 Å². The zero-order chi connectivity index (χ0) is 14.6. The minimum Gasteiger partial charge on any atom is -0.466 e. The zero-order valence-corrected chi connectivity index (χ0v) is 10.1. The zero-order valence-electron chi connectivity index (χ0n) is 10.1. The van der Waals surface area contributed by atoms with Gasteiger partial charge in [-0.1, -0.05) is 6.08 Å². The Morgan fingerprint density at radius 2 is 2.11 bits per heavy atom. The van der Waals surface area contributed by atoms with Gasteiger partial charge in [-0.3, -0.25) is 0 Å². The van der Waals surface area contributed by atoms with E-state index in [1.165, 1.54) is 13.2 Å². The molecule has 2 N–H and O–H groups in total. The topological polar surface area (TPSA) is 78.6 Å². The first-order valence-corrected chi connectivity index (χ1v) is 5.53. The maximum Gasteiger partial charge on any atom is 0.490 e. The number of hydrogen-bond acceptors (Lipinski definition) is 5. The van der Waals surface area contributed by atoms with Crippen LogP contribution in [0.3, 0.4) is 0 Å². The molecular weight excluding hydrogens is 267 g/mol. The van der Waals surface area contributed by atoms with Crippen LogP contribution >= 0.6 is 0 Å². The summed E-state index contributed by atoms with van der Waals surface area (Å²) in [5, 5.41) is 0. The van der Waals surface area contributed by atoms with Crippen LogP contribution in [0.25, 0.3) is 0 Å². The van der Waals surface area contributed by atoms with Crippen LogP contribution in [0.15, 0.2) is 12.2 Å². The fourth-order valence-corrected chi connectivity index (χ4v) is 1.51. The van der Waals surface area contributed by atoms with E-state index < -0.39 is 30.3 Å². The molecule has 0 aliphatic heterocycles. The van der Waals surface area contributed by atoms with E-state index in [4.69, 9.17) is 5.73 Å². The Morgan fingerprint density at radius 1 is 1.47 bits per heavy atom. The van der Waals surface area contributed by atoms with Crippen LogP contribution < -0.4 is 5.73 Å². The molecule has 1 aliphatic rings. The van der Waals surface area contributed by atoms with Crippen LogP contribution in [0.5, 0.6) is 0 Å². The molecule has 1 aliphatic carbocycles. The van der Waals surface area contributed by atoms with Gasteiger partial charge in [-0.2, -0.15) is 13.2 Å². The van der Waals surface area contributed by atoms with Crippen molar-refractivity contribution in [3.8, 4) is 0 Å². The number of ether oxygens (including phenoxy) is 2. The Hall–Kier alpha value is -1.57. The van der Waals surface area contributed by atoms with Crippen molar-refractivity contribution in [2.75, 3.05) is 7.11 Å². The second-order valence-electron chi connectivity index (χ2n) is 4.22. The molecule has 3 atom stereocenters. The maximum atomic E-state index is 11.9. The van der Waals surface area contributed by atoms with Gasteiger partial charge in [0.05, 0.1) is 7.11 Å². The van der Waals surface area contributed by atoms with Crippen LogP contribution in [0.2, 0.25) is 0 Å². The number of alkyl halides is 3. The van der Waals surface area contributed by atoms with Crippen molar-refractivity contribution in [3.05, 3.63) is 12.2 Å². The maximum absolute atomic E-state index is 11.9. The van der Waals surface area contributed by atoms with Gasteiger partial charge in [0.15, 0.2) is 0 Å². The quantitative estimate of drug-likeness (QED) is 0.599. The van der Waals surface area contributed by atoms with Gasteiger partial charge in [-0.25, -0.2) is 9.59 Å². The third kappa shape index (κ3) is 5.29. The Morgan fingerprint density at radius 3 is 2.63 bits per heavy atom. The summed E-state index contributed by atoms with van der Waals surface area (Å²) in [6.45, 7) is 0. The number of esters is 2. The number of hydrogen-bond donors (Lipinski definition) is 1. The van der Waals surface area contributed by atoms with E-state index >= 15 is 0 Å². The van der Waals surface area contributed by atoms with E-state index in [9.17, 15) is 22.8 Å². The molecule has 5 nitrogen and oxygen atoms in total. The Balaban J connectivity index is 2.29. The molecule has 0 amide bonds. The lowest BCUT2D eigenvalue weighted by molar-refractivity contribution is -0.201. The summed E-state index contributed by atoms with van der Waals surface area (Å²) in [5.74, 6) is -2.95. The standard InChI is InChI=1S/C11H14F3NO4/c1-18-9(16)3-2-7(15)4-6-5-8(6)19-10(17)11(12,13)14/h2-3,6-8H,4-5,15H2,1H3. The number of nitrogens with two attached hydrogens (primary N) is 1. The largest absolute Gasteiger partial charge is 0.490 e. The Kier molecular flexibility index (Phi) is 4.93. The molecule has 3 unspecified atom stereocenters. The first-order valence-electron chi connectivity index (χ1n) is 5.53. The van der Waals surface area contributed by atoms with Crippen molar-refractivity contribution in [2.45, 2.75) is 31.2 Å². The number of rotatable bonds is 5. The van der Waals surface area contributed by atoms with Gasteiger partial charge in [0.1, 0.15) is 6.10 Å². The van der Waals surface area contributed by atoms with Crippen LogP contribution in [0.4, 0.5) is 13.2 Å². The van der Waals surface area contributed by atoms with Gasteiger partial charge in [0, 0.05) is 18.0 Å². The van der Waals surface area contributed by atoms with Crippen LogP contribution in [-0.2, 0) is 19.1 Å². The Labute approximate surface area is 107 Å². The highest BCUT2D eigenvalue weighted by Crippen LogP contribution is 2.38. The van der Waals surface area contributed by atoms with Gasteiger partial charge in [0.2, 0.25) is 0 Å². The predicted molar refractivity (Wildman–Crippen MR) is 57.8 cm³/mol. The minimum atomic E-state index is -4.97. The highest BCUT2D eigenvalue weighted by Gasteiger charge is 2.48. The van der Waals surface area contributed by atoms with E-state index in [1.807, 2.05) is 0 Å². The molecule has 0 radical (unpaired) electrons. The molecule has 0 saturated heterocycles. The number of methoxy groups -OCH3 is 1. The monoisotopic (exact) mass is 281 g/mol. The predicted octanol–water partition coefficient (Wildman–Crippen LogP) is 0.927. The molecule has 108 valence electrons. The summed E-state index contributed by atoms with van der Waals surface area (Å²) in [5.41, 5.74) is 5.64. The highest BCUT2D eigenvalue weighted by molar-refractivity contribution is 5.81. The third-order valence-electron chi connectivity index (χ3n) is 2.60. The average molecular weight is 281 g/mol. The summed E-state index contributed by atoms with van der Waals surface area (Å²) in [7, 11) is 1.21. The molecule has 0 spiro atoms. The second kappa shape index (κ2) is 6.05. The fraction of sp³-hybridized carbons (Fsp3) is 0.636. The van der Waals surface area contributed by atoms with Crippen molar-refractivity contribution < 1.29 is 32.2 Å². The molecule has 0 aromatic carbocycles. The molecule has 0 aromatic rings. The normalized spacial score (nSPS) is 24.1. The summed E-state index contributed by atoms with van der Waals surface area (Å²) in [6.07, 6.45) is -2.49. The van der Waals surface area contributed by atoms with Gasteiger partial charge >= 0.3 is 18.1 Å². The molecule has 1 saturated carbocycles. The molecule has 0 aromatic heterocycles. The molecule has 0 heterocycles. The van der Waals surface area contributed by atoms with Crippen molar-refractivity contribution in [1.29, 1.82) is 0 Å². The smallest absolute Gasteiger partial charge is 0.466 e. The summed E-state index contributed by atoms with van der Waals surface area (Å²) in [4.78, 5) is 21.3. The third-order valence-corrected chi connectivity index (χ3v) is 2.60. The van der Waals surface area contributed by atoms with Crippen LogP contribution in [-0.4, -0.2) is 37.4 Å². The van der Waals surface area contributed by atoms with Crippen molar-refractivity contribution in [1.82, 2.24) is 0 Å². The van der Waals surface area contributed by atoms with E-state index in [0.717, 1.165) is 6.08 Å². The number of carbonyl (C=O) groups is 2. The fourth-order valence-electron chi connectivity index (χ4n) is 1.51. The minimum absolute atomic E-state index is 0.205. The van der Waals surface area contributed by atoms with Gasteiger partial charge < -0.3 is 15.2 Å².